The third-order valence-corrected chi connectivity index (χ3v) is 7.73. The lowest BCUT2D eigenvalue weighted by Crippen LogP contribution is -2.35. The molecule has 0 unspecified atom stereocenters. The molecule has 1 aliphatic rings. The molecule has 182 valence electrons. The Labute approximate surface area is 222 Å². The van der Waals surface area contributed by atoms with E-state index in [4.69, 9.17) is 4.98 Å². The quantitative estimate of drug-likeness (QED) is 0.250. The Hall–Kier alpha value is -4.76. The van der Waals surface area contributed by atoms with E-state index in [2.05, 4.69) is 92.7 Å². The van der Waals surface area contributed by atoms with Crippen LogP contribution in [-0.2, 0) is 5.41 Å². The maximum Gasteiger partial charge on any atom is 0.264 e. The Bertz CT molecular complexity index is 1790. The molecule has 0 amide bonds. The molecule has 0 saturated heterocycles. The zero-order valence-electron chi connectivity index (χ0n) is 21.3. The summed E-state index contributed by atoms with van der Waals surface area (Å²) in [4.78, 5) is 18.7. The Balaban J connectivity index is 1.44. The van der Waals surface area contributed by atoms with Crippen LogP contribution in [0.25, 0.3) is 44.4 Å². The Morgan fingerprint density at radius 3 is 1.76 bits per heavy atom. The van der Waals surface area contributed by atoms with Crippen LogP contribution >= 0.6 is 0 Å². The Morgan fingerprint density at radius 2 is 1.13 bits per heavy atom. The maximum absolute atomic E-state index is 13.7. The van der Waals surface area contributed by atoms with Crippen molar-refractivity contribution >= 4 is 16.9 Å². The van der Waals surface area contributed by atoms with Gasteiger partial charge in [0.05, 0.1) is 11.0 Å². The molecule has 0 fully saturated rings. The van der Waals surface area contributed by atoms with Crippen molar-refractivity contribution in [2.45, 2.75) is 19.3 Å². The van der Waals surface area contributed by atoms with Crippen LogP contribution < -0.4 is 0 Å². The molecule has 5 aromatic carbocycles. The first-order chi connectivity index (χ1) is 18.5. The van der Waals surface area contributed by atoms with Crippen LogP contribution in [-0.4, -0.2) is 15.5 Å². The van der Waals surface area contributed by atoms with Crippen molar-refractivity contribution in [2.24, 2.45) is 0 Å². The SMILES string of the molecule is CC1(C)c2ccccc2C(=O)n2c1nc1ccc(-c3cc(-c4ccccc4)cc(-c4ccccc4)c3)cc12. The fourth-order valence-electron chi connectivity index (χ4n) is 5.72. The van der Waals surface area contributed by atoms with E-state index in [-0.39, 0.29) is 11.3 Å². The molecule has 7 rings (SSSR count). The van der Waals surface area contributed by atoms with E-state index in [0.29, 0.717) is 0 Å². The van der Waals surface area contributed by atoms with E-state index in [1.165, 1.54) is 11.1 Å². The molecule has 0 spiro atoms. The summed E-state index contributed by atoms with van der Waals surface area (Å²) in [6.45, 7) is 4.29. The summed E-state index contributed by atoms with van der Waals surface area (Å²) in [5.41, 5.74) is 9.88. The van der Waals surface area contributed by atoms with Gasteiger partial charge in [-0.1, -0.05) is 84.9 Å². The molecule has 0 N–H and O–H groups in total. The summed E-state index contributed by atoms with van der Waals surface area (Å²) in [5, 5.41) is 0. The van der Waals surface area contributed by atoms with Crippen molar-refractivity contribution < 1.29 is 4.79 Å². The lowest BCUT2D eigenvalue weighted by Gasteiger charge is -2.31. The number of benzene rings is 5. The van der Waals surface area contributed by atoms with Gasteiger partial charge in [0.2, 0.25) is 0 Å². The Kier molecular flexibility index (Phi) is 4.95. The Morgan fingerprint density at radius 1 is 0.579 bits per heavy atom. The number of imidazole rings is 1. The van der Waals surface area contributed by atoms with E-state index in [0.717, 1.165) is 50.2 Å². The second-order valence-electron chi connectivity index (χ2n) is 10.5. The van der Waals surface area contributed by atoms with Crippen molar-refractivity contribution in [3.05, 3.63) is 138 Å². The highest BCUT2D eigenvalue weighted by Gasteiger charge is 2.39. The van der Waals surface area contributed by atoms with E-state index < -0.39 is 0 Å². The molecular weight excluding hydrogens is 464 g/mol. The minimum Gasteiger partial charge on any atom is -0.268 e. The normalized spacial score (nSPS) is 13.8. The van der Waals surface area contributed by atoms with Gasteiger partial charge in [-0.3, -0.25) is 9.36 Å². The number of hydrogen-bond acceptors (Lipinski definition) is 2. The minimum absolute atomic E-state index is 0.0161. The molecule has 38 heavy (non-hydrogen) atoms. The molecule has 0 atom stereocenters. The predicted octanol–water partition coefficient (Wildman–Crippen LogP) is 8.37. The molecule has 0 bridgehead atoms. The molecule has 3 heteroatoms. The van der Waals surface area contributed by atoms with Gasteiger partial charge < -0.3 is 0 Å². The molecule has 0 saturated carbocycles. The van der Waals surface area contributed by atoms with Crippen molar-refractivity contribution in [2.75, 3.05) is 0 Å². The molecule has 2 heterocycles. The minimum atomic E-state index is -0.378. The van der Waals surface area contributed by atoms with Gasteiger partial charge in [-0.25, -0.2) is 4.98 Å². The predicted molar refractivity (Wildman–Crippen MR) is 154 cm³/mol. The lowest BCUT2D eigenvalue weighted by molar-refractivity contribution is 0.0948. The largest absolute Gasteiger partial charge is 0.268 e. The van der Waals surface area contributed by atoms with Gasteiger partial charge in [0.1, 0.15) is 5.82 Å². The first kappa shape index (κ1) is 22.4. The molecule has 1 aliphatic heterocycles. The van der Waals surface area contributed by atoms with Crippen molar-refractivity contribution in [3.8, 4) is 33.4 Å². The number of carbonyl (C=O) groups is 1. The summed E-state index contributed by atoms with van der Waals surface area (Å²) in [6, 6.07) is 41.8. The van der Waals surface area contributed by atoms with E-state index >= 15 is 0 Å². The first-order valence-electron chi connectivity index (χ1n) is 12.9. The van der Waals surface area contributed by atoms with Crippen LogP contribution in [0.1, 0.15) is 35.6 Å². The fourth-order valence-corrected chi connectivity index (χ4v) is 5.72. The average molecular weight is 491 g/mol. The summed E-state index contributed by atoms with van der Waals surface area (Å²) in [5.74, 6) is 0.772. The molecule has 0 aliphatic carbocycles. The second-order valence-corrected chi connectivity index (χ2v) is 10.5. The monoisotopic (exact) mass is 490 g/mol. The first-order valence-corrected chi connectivity index (χ1v) is 12.9. The molecule has 3 nitrogen and oxygen atoms in total. The topological polar surface area (TPSA) is 34.9 Å². The van der Waals surface area contributed by atoms with Crippen molar-refractivity contribution in [1.82, 2.24) is 9.55 Å². The smallest absolute Gasteiger partial charge is 0.264 e. The highest BCUT2D eigenvalue weighted by molar-refractivity contribution is 6.05. The molecule has 0 radical (unpaired) electrons. The second kappa shape index (κ2) is 8.39. The molecular formula is C35H26N2O. The van der Waals surface area contributed by atoms with Gasteiger partial charge in [0.15, 0.2) is 0 Å². The zero-order valence-corrected chi connectivity index (χ0v) is 21.3. The highest BCUT2D eigenvalue weighted by Crippen LogP contribution is 2.41. The number of carbonyl (C=O) groups excluding carboxylic acids is 1. The third kappa shape index (κ3) is 3.43. The van der Waals surface area contributed by atoms with Gasteiger partial charge in [0, 0.05) is 11.0 Å². The number of fused-ring (bicyclic) bond motifs is 4. The van der Waals surface area contributed by atoms with Crippen LogP contribution in [0, 0.1) is 0 Å². The average Bonchev–Trinajstić information content (AvgIpc) is 3.37. The standard InChI is InChI=1S/C35H26N2O/c1-35(2)30-16-10-9-15-29(30)33(38)37-32-22-25(17-18-31(32)36-34(35)37)28-20-26(23-11-5-3-6-12-23)19-27(21-28)24-13-7-4-8-14-24/h3-22H,1-2H3. The summed E-state index contributed by atoms with van der Waals surface area (Å²) < 4.78 is 1.82. The van der Waals surface area contributed by atoms with E-state index in [9.17, 15) is 4.79 Å². The third-order valence-electron chi connectivity index (χ3n) is 7.73. The van der Waals surface area contributed by atoms with Gasteiger partial charge in [-0.15, -0.1) is 0 Å². The number of aromatic nitrogens is 2. The van der Waals surface area contributed by atoms with Gasteiger partial charge >= 0.3 is 0 Å². The summed E-state index contributed by atoms with van der Waals surface area (Å²) >= 11 is 0. The van der Waals surface area contributed by atoms with Crippen LogP contribution in [0.3, 0.4) is 0 Å². The van der Waals surface area contributed by atoms with Crippen LogP contribution in [0.4, 0.5) is 0 Å². The van der Waals surface area contributed by atoms with Gasteiger partial charge in [-0.2, -0.15) is 0 Å². The van der Waals surface area contributed by atoms with Gasteiger partial charge in [-0.05, 0) is 89.2 Å². The number of nitrogens with zero attached hydrogens (tertiary/aromatic N) is 2. The number of rotatable bonds is 3. The highest BCUT2D eigenvalue weighted by atomic mass is 16.2. The fraction of sp³-hybridized carbons (Fsp3) is 0.0857. The van der Waals surface area contributed by atoms with Crippen molar-refractivity contribution in [3.63, 3.8) is 0 Å². The maximum atomic E-state index is 13.7. The van der Waals surface area contributed by atoms with Gasteiger partial charge in [0.25, 0.3) is 5.91 Å². The van der Waals surface area contributed by atoms with Crippen LogP contribution in [0.2, 0.25) is 0 Å². The molecule has 6 aromatic rings. The van der Waals surface area contributed by atoms with Crippen molar-refractivity contribution in [1.29, 1.82) is 0 Å². The van der Waals surface area contributed by atoms with Crippen LogP contribution in [0.5, 0.6) is 0 Å². The summed E-state index contributed by atoms with van der Waals surface area (Å²) in [7, 11) is 0. The van der Waals surface area contributed by atoms with Crippen LogP contribution in [0.15, 0.2) is 121 Å². The zero-order chi connectivity index (χ0) is 25.9. The lowest BCUT2D eigenvalue weighted by atomic mass is 9.78. The van der Waals surface area contributed by atoms with E-state index in [1.807, 2.05) is 47.0 Å². The number of hydrogen-bond donors (Lipinski definition) is 0. The summed E-state index contributed by atoms with van der Waals surface area (Å²) in [6.07, 6.45) is 0. The van der Waals surface area contributed by atoms with E-state index in [1.54, 1.807) is 0 Å². The molecule has 1 aromatic heterocycles.